The van der Waals surface area contributed by atoms with Crippen LogP contribution in [0.15, 0.2) is 41.6 Å². The Labute approximate surface area is 197 Å². The normalized spacial score (nSPS) is 18.9. The van der Waals surface area contributed by atoms with Gasteiger partial charge in [0.1, 0.15) is 0 Å². The second-order valence-electron chi connectivity index (χ2n) is 7.94. The van der Waals surface area contributed by atoms with Gasteiger partial charge in [0.2, 0.25) is 11.8 Å². The predicted molar refractivity (Wildman–Crippen MR) is 126 cm³/mol. The van der Waals surface area contributed by atoms with Gasteiger partial charge in [-0.1, -0.05) is 18.2 Å². The molecule has 1 fully saturated rings. The third kappa shape index (κ3) is 6.74. The zero-order valence-electron chi connectivity index (χ0n) is 18.9. The Morgan fingerprint density at radius 3 is 2.55 bits per heavy atom. The van der Waals surface area contributed by atoms with Gasteiger partial charge < -0.3 is 25.6 Å². The smallest absolute Gasteiger partial charge is 0.337 e. The first kappa shape index (κ1) is 24.6. The number of likely N-dealkylation sites (tertiary alicyclic amines) is 1. The summed E-state index contributed by atoms with van der Waals surface area (Å²) in [7, 11) is 0. The lowest BCUT2D eigenvalue weighted by Crippen LogP contribution is -2.49. The van der Waals surface area contributed by atoms with E-state index in [1.165, 1.54) is 11.8 Å². The van der Waals surface area contributed by atoms with Crippen molar-refractivity contribution in [3.63, 3.8) is 0 Å². The highest BCUT2D eigenvalue weighted by Gasteiger charge is 2.30. The van der Waals surface area contributed by atoms with E-state index in [2.05, 4.69) is 16.0 Å². The van der Waals surface area contributed by atoms with Crippen LogP contribution >= 0.6 is 11.8 Å². The first-order valence-electron chi connectivity index (χ1n) is 11.1. The quantitative estimate of drug-likeness (QED) is 0.497. The minimum atomic E-state index is -0.477. The summed E-state index contributed by atoms with van der Waals surface area (Å²) in [5.74, 6) is -0.0996. The van der Waals surface area contributed by atoms with Crippen LogP contribution in [0.4, 0.5) is 10.5 Å². The molecule has 2 aliphatic heterocycles. The lowest BCUT2D eigenvalue weighted by atomic mass is 9.96. The van der Waals surface area contributed by atoms with E-state index in [0.717, 1.165) is 5.69 Å². The van der Waals surface area contributed by atoms with Crippen LogP contribution in [0, 0.1) is 5.92 Å². The van der Waals surface area contributed by atoms with Crippen LogP contribution in [0.25, 0.3) is 0 Å². The SMILES string of the molecule is CCOC(=O)C1=C(CSCC(=O)N2CCC(C(=O)Nc3ccccc3)CC2)NC(=O)N[C@H]1C. The summed E-state index contributed by atoms with van der Waals surface area (Å²) < 4.78 is 5.10. The summed E-state index contributed by atoms with van der Waals surface area (Å²) in [6.07, 6.45) is 1.24. The fraction of sp³-hybridized carbons (Fsp3) is 0.478. The van der Waals surface area contributed by atoms with Crippen LogP contribution in [0.1, 0.15) is 26.7 Å². The molecule has 1 atom stereocenters. The monoisotopic (exact) mass is 474 g/mol. The van der Waals surface area contributed by atoms with Gasteiger partial charge in [-0.15, -0.1) is 11.8 Å². The summed E-state index contributed by atoms with van der Waals surface area (Å²) in [5, 5.41) is 8.25. The van der Waals surface area contributed by atoms with Gasteiger partial charge in [-0.2, -0.15) is 0 Å². The van der Waals surface area contributed by atoms with Gasteiger partial charge in [-0.05, 0) is 38.8 Å². The number of amides is 4. The van der Waals surface area contributed by atoms with Crippen LogP contribution in [-0.2, 0) is 19.1 Å². The second kappa shape index (κ2) is 11.7. The average molecular weight is 475 g/mol. The van der Waals surface area contributed by atoms with Crippen molar-refractivity contribution in [2.45, 2.75) is 32.7 Å². The number of para-hydroxylation sites is 1. The molecule has 0 saturated carbocycles. The molecule has 10 heteroatoms. The zero-order valence-corrected chi connectivity index (χ0v) is 19.7. The molecule has 33 heavy (non-hydrogen) atoms. The van der Waals surface area contributed by atoms with Gasteiger partial charge in [-0.25, -0.2) is 9.59 Å². The highest BCUT2D eigenvalue weighted by molar-refractivity contribution is 8.00. The predicted octanol–water partition coefficient (Wildman–Crippen LogP) is 2.12. The number of rotatable bonds is 8. The van der Waals surface area contributed by atoms with E-state index in [0.29, 0.717) is 43.0 Å². The number of hydrogen-bond acceptors (Lipinski definition) is 6. The van der Waals surface area contributed by atoms with Crippen LogP contribution in [0.5, 0.6) is 0 Å². The number of thioether (sulfide) groups is 1. The third-order valence-electron chi connectivity index (χ3n) is 5.60. The Morgan fingerprint density at radius 1 is 1.18 bits per heavy atom. The molecular formula is C23H30N4O5S. The standard InChI is InChI=1S/C23H30N4O5S/c1-3-32-22(30)20-15(2)24-23(31)26-18(20)13-33-14-19(28)27-11-9-16(10-12-27)21(29)25-17-7-5-4-6-8-17/h4-8,15-16H,3,9-14H2,1-2H3,(H,25,29)(H2,24,26,31)/t15-/m0/s1. The molecule has 3 rings (SSSR count). The highest BCUT2D eigenvalue weighted by Crippen LogP contribution is 2.22. The number of carbonyl (C=O) groups is 4. The Kier molecular flexibility index (Phi) is 8.76. The van der Waals surface area contributed by atoms with E-state index in [1.54, 1.807) is 18.7 Å². The Morgan fingerprint density at radius 2 is 1.88 bits per heavy atom. The average Bonchev–Trinajstić information content (AvgIpc) is 2.79. The van der Waals surface area contributed by atoms with Crippen molar-refractivity contribution in [3.05, 3.63) is 41.6 Å². The summed E-state index contributed by atoms with van der Waals surface area (Å²) >= 11 is 1.34. The number of nitrogens with one attached hydrogen (secondary N) is 3. The summed E-state index contributed by atoms with van der Waals surface area (Å²) in [4.78, 5) is 51.0. The van der Waals surface area contributed by atoms with Crippen molar-refractivity contribution in [2.24, 2.45) is 5.92 Å². The summed E-state index contributed by atoms with van der Waals surface area (Å²) in [6.45, 7) is 4.74. The minimum absolute atomic E-state index is 0.0168. The highest BCUT2D eigenvalue weighted by atomic mass is 32.2. The number of ether oxygens (including phenoxy) is 1. The first-order valence-corrected chi connectivity index (χ1v) is 12.2. The largest absolute Gasteiger partial charge is 0.463 e. The number of urea groups is 1. The number of anilines is 1. The molecule has 1 aromatic rings. The number of esters is 1. The molecule has 0 unspecified atom stereocenters. The van der Waals surface area contributed by atoms with Crippen LogP contribution < -0.4 is 16.0 Å². The lowest BCUT2D eigenvalue weighted by molar-refractivity contribution is -0.139. The van der Waals surface area contributed by atoms with Crippen molar-refractivity contribution < 1.29 is 23.9 Å². The molecule has 3 N–H and O–H groups in total. The van der Waals surface area contributed by atoms with E-state index >= 15 is 0 Å². The van der Waals surface area contributed by atoms with E-state index in [-0.39, 0.29) is 36.1 Å². The van der Waals surface area contributed by atoms with Gasteiger partial charge in [0.05, 0.1) is 24.0 Å². The Balaban J connectivity index is 1.47. The lowest BCUT2D eigenvalue weighted by Gasteiger charge is -2.31. The van der Waals surface area contributed by atoms with Gasteiger partial charge in [0, 0.05) is 36.1 Å². The second-order valence-corrected chi connectivity index (χ2v) is 8.92. The van der Waals surface area contributed by atoms with Gasteiger partial charge in [-0.3, -0.25) is 9.59 Å². The zero-order chi connectivity index (χ0) is 23.8. The number of hydrogen-bond donors (Lipinski definition) is 3. The molecule has 0 spiro atoms. The van der Waals surface area contributed by atoms with Crippen LogP contribution in [0.3, 0.4) is 0 Å². The van der Waals surface area contributed by atoms with Crippen LogP contribution in [0.2, 0.25) is 0 Å². The van der Waals surface area contributed by atoms with E-state index in [9.17, 15) is 19.2 Å². The maximum Gasteiger partial charge on any atom is 0.337 e. The maximum atomic E-state index is 12.7. The Hall–Kier alpha value is -3.01. The molecule has 1 saturated heterocycles. The molecule has 2 heterocycles. The molecule has 0 bridgehead atoms. The molecule has 0 aromatic heterocycles. The van der Waals surface area contributed by atoms with Gasteiger partial charge in [0.25, 0.3) is 0 Å². The number of carbonyl (C=O) groups excluding carboxylic acids is 4. The van der Waals surface area contributed by atoms with E-state index in [1.807, 2.05) is 30.3 Å². The van der Waals surface area contributed by atoms with Crippen molar-refractivity contribution in [1.82, 2.24) is 15.5 Å². The van der Waals surface area contributed by atoms with E-state index < -0.39 is 12.0 Å². The molecule has 1 aromatic carbocycles. The van der Waals surface area contributed by atoms with Gasteiger partial charge >= 0.3 is 12.0 Å². The van der Waals surface area contributed by atoms with Crippen molar-refractivity contribution >= 4 is 41.3 Å². The molecule has 9 nitrogen and oxygen atoms in total. The van der Waals surface area contributed by atoms with Gasteiger partial charge in [0.15, 0.2) is 0 Å². The number of piperidine rings is 1. The Bertz CT molecular complexity index is 913. The number of nitrogens with zero attached hydrogens (tertiary/aromatic N) is 1. The molecule has 178 valence electrons. The minimum Gasteiger partial charge on any atom is -0.463 e. The molecule has 0 aliphatic carbocycles. The topological polar surface area (TPSA) is 117 Å². The summed E-state index contributed by atoms with van der Waals surface area (Å²) in [5.41, 5.74) is 1.62. The van der Waals surface area contributed by atoms with Crippen molar-refractivity contribution in [1.29, 1.82) is 0 Å². The fourth-order valence-corrected chi connectivity index (χ4v) is 4.77. The maximum absolute atomic E-state index is 12.7. The first-order chi connectivity index (χ1) is 15.9. The fourth-order valence-electron chi connectivity index (χ4n) is 3.88. The number of benzene rings is 1. The van der Waals surface area contributed by atoms with Crippen molar-refractivity contribution in [2.75, 3.05) is 36.5 Å². The molecule has 4 amide bonds. The van der Waals surface area contributed by atoms with E-state index in [4.69, 9.17) is 4.74 Å². The third-order valence-corrected chi connectivity index (χ3v) is 6.54. The summed E-state index contributed by atoms with van der Waals surface area (Å²) in [6, 6.07) is 8.49. The molecule has 2 aliphatic rings. The molecule has 0 radical (unpaired) electrons. The van der Waals surface area contributed by atoms with Crippen molar-refractivity contribution in [3.8, 4) is 0 Å². The van der Waals surface area contributed by atoms with Crippen LogP contribution in [-0.4, -0.2) is 66.0 Å². The molecular weight excluding hydrogens is 444 g/mol.